The molecule has 0 radical (unpaired) electrons. The van der Waals surface area contributed by atoms with Crippen LogP contribution in [0.4, 0.5) is 0 Å². The van der Waals surface area contributed by atoms with Gasteiger partial charge in [0.25, 0.3) is 0 Å². The van der Waals surface area contributed by atoms with Crippen molar-refractivity contribution >= 4 is 21.2 Å². The SMILES string of the molecule is O=C(O)C[N+]([O-])(CP(=O)(O)O)CP(=O)(O)O. The largest absolute Gasteiger partial charge is 0.631 e. The van der Waals surface area contributed by atoms with Gasteiger partial charge in [-0.1, -0.05) is 0 Å². The van der Waals surface area contributed by atoms with Crippen molar-refractivity contribution in [3.05, 3.63) is 5.21 Å². The van der Waals surface area contributed by atoms with Crippen LogP contribution in [0.25, 0.3) is 0 Å². The van der Waals surface area contributed by atoms with Crippen LogP contribution in [0.2, 0.25) is 0 Å². The molecule has 0 aliphatic heterocycles. The fourth-order valence-corrected chi connectivity index (χ4v) is 2.96. The fraction of sp³-hybridized carbons (Fsp3) is 0.750. The van der Waals surface area contributed by atoms with E-state index < -0.39 is 44.9 Å². The van der Waals surface area contributed by atoms with E-state index in [0.717, 1.165) is 0 Å². The predicted molar refractivity (Wildman–Crippen MR) is 50.0 cm³/mol. The molecule has 0 saturated carbocycles. The van der Waals surface area contributed by atoms with Gasteiger partial charge in [0.05, 0.1) is 0 Å². The van der Waals surface area contributed by atoms with E-state index in [1.54, 1.807) is 0 Å². The summed E-state index contributed by atoms with van der Waals surface area (Å²) in [7, 11) is -9.75. The van der Waals surface area contributed by atoms with Crippen molar-refractivity contribution in [3.63, 3.8) is 0 Å². The summed E-state index contributed by atoms with van der Waals surface area (Å²) < 4.78 is 18.9. The summed E-state index contributed by atoms with van der Waals surface area (Å²) in [6, 6.07) is 0. The number of rotatable bonds is 6. The molecular weight excluding hydrogens is 268 g/mol. The number of carbonyl (C=O) groups is 1. The molecule has 0 fully saturated rings. The van der Waals surface area contributed by atoms with Gasteiger partial charge in [-0.3, -0.25) is 9.13 Å². The van der Waals surface area contributed by atoms with E-state index in [0.29, 0.717) is 0 Å². The van der Waals surface area contributed by atoms with Gasteiger partial charge in [0.2, 0.25) is 0 Å². The van der Waals surface area contributed by atoms with Crippen molar-refractivity contribution in [1.82, 2.24) is 0 Å². The van der Waals surface area contributed by atoms with Crippen molar-refractivity contribution in [2.24, 2.45) is 0 Å². The van der Waals surface area contributed by atoms with Gasteiger partial charge in [0.1, 0.15) is 0 Å². The Labute approximate surface area is 89.6 Å². The molecule has 0 spiro atoms. The van der Waals surface area contributed by atoms with Gasteiger partial charge in [-0.15, -0.1) is 0 Å². The number of carboxylic acid groups (broad SMARTS) is 1. The summed E-state index contributed by atoms with van der Waals surface area (Å²) in [5, 5.41) is 19.8. The van der Waals surface area contributed by atoms with E-state index in [-0.39, 0.29) is 0 Å². The lowest BCUT2D eigenvalue weighted by molar-refractivity contribution is -0.851. The van der Waals surface area contributed by atoms with Gasteiger partial charge in [-0.2, -0.15) is 0 Å². The zero-order chi connectivity index (χ0) is 13.2. The second-order valence-electron chi connectivity index (χ2n) is 3.22. The van der Waals surface area contributed by atoms with Crippen molar-refractivity contribution in [3.8, 4) is 0 Å². The van der Waals surface area contributed by atoms with Gasteiger partial charge in [0.15, 0.2) is 19.1 Å². The lowest BCUT2D eigenvalue weighted by Crippen LogP contribution is -2.47. The molecule has 0 atom stereocenters. The van der Waals surface area contributed by atoms with Crippen LogP contribution in [-0.2, 0) is 13.9 Å². The molecule has 0 unspecified atom stereocenters. The maximum atomic E-state index is 11.5. The summed E-state index contributed by atoms with van der Waals surface area (Å²) in [5.74, 6) is -1.71. The lowest BCUT2D eigenvalue weighted by atomic mass is 10.6. The third-order valence-corrected chi connectivity index (χ3v) is 3.08. The molecule has 96 valence electrons. The van der Waals surface area contributed by atoms with Crippen LogP contribution in [0.3, 0.4) is 0 Å². The van der Waals surface area contributed by atoms with Crippen molar-refractivity contribution in [1.29, 1.82) is 0 Å². The lowest BCUT2D eigenvalue weighted by Gasteiger charge is -2.40. The molecule has 0 aliphatic carbocycles. The number of nitrogens with zero attached hydrogens (tertiary/aromatic N) is 1. The number of carboxylic acids is 1. The standard InChI is InChI=1S/C4H11NO9P2/c6-4(7)1-5(8,2-15(9,10)11)3-16(12,13)14/h1-3H2,(H,6,7)(H2,9,10,11)(H2,12,13,14). The summed E-state index contributed by atoms with van der Waals surface area (Å²) in [5.41, 5.74) is 0. The Hall–Kier alpha value is -0.310. The molecule has 0 saturated heterocycles. The van der Waals surface area contributed by atoms with E-state index in [1.165, 1.54) is 0 Å². The third-order valence-electron chi connectivity index (χ3n) is 1.31. The summed E-state index contributed by atoms with van der Waals surface area (Å²) in [6.45, 7) is -1.34. The Kier molecular flexibility index (Phi) is 4.81. The van der Waals surface area contributed by atoms with Crippen molar-refractivity contribution in [2.45, 2.75) is 0 Å². The van der Waals surface area contributed by atoms with E-state index >= 15 is 0 Å². The minimum atomic E-state index is -4.88. The molecule has 0 rings (SSSR count). The van der Waals surface area contributed by atoms with Gasteiger partial charge in [-0.05, 0) is 0 Å². The molecule has 0 aromatic carbocycles. The quantitative estimate of drug-likeness (QED) is 0.223. The van der Waals surface area contributed by atoms with E-state index in [2.05, 4.69) is 0 Å². The smallest absolute Gasteiger partial charge is 0.379 e. The highest BCUT2D eigenvalue weighted by molar-refractivity contribution is 7.52. The van der Waals surface area contributed by atoms with Gasteiger partial charge in [0, 0.05) is 0 Å². The molecule has 12 heteroatoms. The topological polar surface area (TPSA) is 175 Å². The van der Waals surface area contributed by atoms with Crippen molar-refractivity contribution in [2.75, 3.05) is 19.1 Å². The molecule has 0 bridgehead atoms. The highest BCUT2D eigenvalue weighted by Crippen LogP contribution is 2.44. The third kappa shape index (κ3) is 7.91. The molecule has 0 aliphatic rings. The minimum absolute atomic E-state index is 1.34. The molecule has 0 amide bonds. The first-order valence-electron chi connectivity index (χ1n) is 3.71. The van der Waals surface area contributed by atoms with Crippen LogP contribution >= 0.6 is 15.2 Å². The van der Waals surface area contributed by atoms with Crippen LogP contribution in [0.15, 0.2) is 0 Å². The van der Waals surface area contributed by atoms with Crippen LogP contribution in [0.5, 0.6) is 0 Å². The summed E-state index contributed by atoms with van der Waals surface area (Å²) >= 11 is 0. The summed E-state index contributed by atoms with van der Waals surface area (Å²) in [6.07, 6.45) is -2.99. The van der Waals surface area contributed by atoms with E-state index in [1.807, 2.05) is 0 Å². The molecule has 0 aromatic rings. The minimum Gasteiger partial charge on any atom is -0.631 e. The number of hydroxylamine groups is 3. The van der Waals surface area contributed by atoms with Gasteiger partial charge < -0.3 is 34.5 Å². The van der Waals surface area contributed by atoms with Crippen LogP contribution < -0.4 is 0 Å². The highest BCUT2D eigenvalue weighted by atomic mass is 31.2. The summed E-state index contributed by atoms with van der Waals surface area (Å²) in [4.78, 5) is 44.3. The highest BCUT2D eigenvalue weighted by Gasteiger charge is 2.36. The zero-order valence-corrected chi connectivity index (χ0v) is 9.62. The maximum absolute atomic E-state index is 11.5. The second-order valence-corrected chi connectivity index (χ2v) is 6.45. The van der Waals surface area contributed by atoms with Gasteiger partial charge >= 0.3 is 21.2 Å². The predicted octanol–water partition coefficient (Wildman–Crippen LogP) is -1.34. The first-order chi connectivity index (χ1) is 6.83. The molecular formula is C4H11NO9P2. The van der Waals surface area contributed by atoms with E-state index in [4.69, 9.17) is 24.7 Å². The van der Waals surface area contributed by atoms with Crippen LogP contribution in [0.1, 0.15) is 0 Å². The molecule has 10 nitrogen and oxygen atoms in total. The maximum Gasteiger partial charge on any atom is 0.379 e. The second kappa shape index (κ2) is 4.91. The molecule has 16 heavy (non-hydrogen) atoms. The Morgan fingerprint density at radius 1 is 1.06 bits per heavy atom. The first kappa shape index (κ1) is 15.7. The normalized spacial score (nSPS) is 13.8. The van der Waals surface area contributed by atoms with Crippen LogP contribution in [0, 0.1) is 5.21 Å². The number of aliphatic carboxylic acids is 1. The Balaban J connectivity index is 4.96. The Bertz CT molecular complexity index is 331. The monoisotopic (exact) mass is 279 g/mol. The number of hydrogen-bond donors (Lipinski definition) is 5. The van der Waals surface area contributed by atoms with Crippen LogP contribution in [-0.4, -0.2) is 54.4 Å². The molecule has 0 heterocycles. The Morgan fingerprint density at radius 2 is 1.38 bits per heavy atom. The number of hydrogen-bond acceptors (Lipinski definition) is 4. The average Bonchev–Trinajstić information content (AvgIpc) is 1.69. The zero-order valence-electron chi connectivity index (χ0n) is 7.83. The average molecular weight is 279 g/mol. The fourth-order valence-electron chi connectivity index (χ4n) is 1.06. The van der Waals surface area contributed by atoms with Crippen molar-refractivity contribution < 1.29 is 43.3 Å². The first-order valence-corrected chi connectivity index (χ1v) is 7.31. The molecule has 0 aromatic heterocycles. The van der Waals surface area contributed by atoms with E-state index in [9.17, 15) is 19.1 Å². The molecule has 5 N–H and O–H groups in total. The number of quaternary nitrogens is 1. The van der Waals surface area contributed by atoms with Gasteiger partial charge in [-0.25, -0.2) is 4.79 Å². The Morgan fingerprint density at radius 3 is 1.56 bits per heavy atom.